The van der Waals surface area contributed by atoms with Crippen LogP contribution in [0.2, 0.25) is 0 Å². The number of hydrogen-bond acceptors (Lipinski definition) is 3. The lowest BCUT2D eigenvalue weighted by molar-refractivity contribution is -0.128. The van der Waals surface area contributed by atoms with Crippen LogP contribution in [0.3, 0.4) is 0 Å². The predicted molar refractivity (Wildman–Crippen MR) is 65.0 cm³/mol. The monoisotopic (exact) mass is 235 g/mol. The predicted octanol–water partition coefficient (Wildman–Crippen LogP) is 1.78. The molecule has 1 aromatic rings. The molecular weight excluding hydrogens is 218 g/mol. The minimum atomic E-state index is -0.339. The molecule has 92 valence electrons. The van der Waals surface area contributed by atoms with Crippen LogP contribution in [-0.4, -0.2) is 30.8 Å². The fourth-order valence-electron chi connectivity index (χ4n) is 2.01. The lowest BCUT2D eigenvalue weighted by Gasteiger charge is -2.22. The van der Waals surface area contributed by atoms with Crippen LogP contribution in [0, 0.1) is 5.92 Å². The van der Waals surface area contributed by atoms with Crippen molar-refractivity contribution < 1.29 is 14.6 Å². The van der Waals surface area contributed by atoms with Crippen LogP contribution >= 0.6 is 0 Å². The lowest BCUT2D eigenvalue weighted by Crippen LogP contribution is -2.38. The number of aromatic hydroxyl groups is 1. The number of nitrogens with zero attached hydrogens (tertiary/aromatic N) is 1. The quantitative estimate of drug-likeness (QED) is 0.850. The fraction of sp³-hybridized carbons (Fsp3) is 0.462. The van der Waals surface area contributed by atoms with Gasteiger partial charge in [0.25, 0.3) is 5.91 Å². The highest BCUT2D eigenvalue weighted by atomic mass is 16.5. The topological polar surface area (TPSA) is 49.8 Å². The molecule has 1 saturated heterocycles. The van der Waals surface area contributed by atoms with E-state index in [-0.39, 0.29) is 23.7 Å². The van der Waals surface area contributed by atoms with Crippen LogP contribution in [0.25, 0.3) is 0 Å². The normalized spacial score (nSPS) is 23.6. The lowest BCUT2D eigenvalue weighted by atomic mass is 10.0. The van der Waals surface area contributed by atoms with E-state index in [2.05, 4.69) is 0 Å². The second-order valence-electron chi connectivity index (χ2n) is 4.47. The third-order valence-corrected chi connectivity index (χ3v) is 3.20. The van der Waals surface area contributed by atoms with Gasteiger partial charge < -0.3 is 14.7 Å². The smallest absolute Gasteiger partial charge is 0.256 e. The molecule has 2 atom stereocenters. The average Bonchev–Trinajstić information content (AvgIpc) is 2.74. The molecule has 0 saturated carbocycles. The third kappa shape index (κ3) is 2.42. The summed E-state index contributed by atoms with van der Waals surface area (Å²) in [5.74, 6) is 0.433. The molecule has 0 radical (unpaired) electrons. The number of anilines is 1. The number of phenols is 1. The van der Waals surface area contributed by atoms with E-state index in [0.717, 1.165) is 12.1 Å². The highest BCUT2D eigenvalue weighted by Crippen LogP contribution is 2.24. The number of likely N-dealkylation sites (N-methyl/N-ethyl adjacent to an activating group) is 1. The van der Waals surface area contributed by atoms with Gasteiger partial charge in [0, 0.05) is 19.3 Å². The Morgan fingerprint density at radius 3 is 2.59 bits per heavy atom. The minimum absolute atomic E-state index is 0.0271. The Labute approximate surface area is 101 Å². The summed E-state index contributed by atoms with van der Waals surface area (Å²) in [6.07, 6.45) is 0.591. The van der Waals surface area contributed by atoms with Crippen molar-refractivity contribution in [2.24, 2.45) is 5.92 Å². The summed E-state index contributed by atoms with van der Waals surface area (Å²) >= 11 is 0. The van der Waals surface area contributed by atoms with Crippen molar-refractivity contribution in [2.45, 2.75) is 19.4 Å². The summed E-state index contributed by atoms with van der Waals surface area (Å²) in [6, 6.07) is 6.57. The van der Waals surface area contributed by atoms with Crippen LogP contribution in [-0.2, 0) is 9.53 Å². The van der Waals surface area contributed by atoms with Gasteiger partial charge in [0.05, 0.1) is 0 Å². The number of benzene rings is 1. The molecule has 0 aliphatic carbocycles. The maximum Gasteiger partial charge on any atom is 0.256 e. The van der Waals surface area contributed by atoms with E-state index in [1.807, 2.05) is 6.92 Å². The van der Waals surface area contributed by atoms with Gasteiger partial charge >= 0.3 is 0 Å². The van der Waals surface area contributed by atoms with Crippen LogP contribution in [0.1, 0.15) is 13.3 Å². The molecule has 0 spiro atoms. The van der Waals surface area contributed by atoms with Crippen LogP contribution < -0.4 is 4.90 Å². The Balaban J connectivity index is 2.11. The van der Waals surface area contributed by atoms with Gasteiger partial charge in [-0.3, -0.25) is 4.79 Å². The van der Waals surface area contributed by atoms with Crippen LogP contribution in [0.4, 0.5) is 5.69 Å². The van der Waals surface area contributed by atoms with Gasteiger partial charge in [-0.05, 0) is 36.6 Å². The van der Waals surface area contributed by atoms with Crippen molar-refractivity contribution in [3.8, 4) is 5.75 Å². The first-order chi connectivity index (χ1) is 8.09. The van der Waals surface area contributed by atoms with Crippen molar-refractivity contribution in [1.82, 2.24) is 0 Å². The SMILES string of the molecule is CC1CCOC1C(=O)N(C)c1ccc(O)cc1. The number of amides is 1. The van der Waals surface area contributed by atoms with E-state index in [0.29, 0.717) is 6.61 Å². The number of carbonyl (C=O) groups excluding carboxylic acids is 1. The minimum Gasteiger partial charge on any atom is -0.508 e. The molecule has 1 aliphatic heterocycles. The largest absolute Gasteiger partial charge is 0.508 e. The zero-order chi connectivity index (χ0) is 12.4. The highest BCUT2D eigenvalue weighted by Gasteiger charge is 2.33. The molecule has 1 amide bonds. The summed E-state index contributed by atoms with van der Waals surface area (Å²) in [4.78, 5) is 13.8. The van der Waals surface area contributed by atoms with E-state index >= 15 is 0 Å². The molecule has 17 heavy (non-hydrogen) atoms. The van der Waals surface area contributed by atoms with Gasteiger partial charge in [-0.2, -0.15) is 0 Å². The molecule has 1 fully saturated rings. The van der Waals surface area contributed by atoms with Crippen molar-refractivity contribution in [1.29, 1.82) is 0 Å². The third-order valence-electron chi connectivity index (χ3n) is 3.20. The zero-order valence-corrected chi connectivity index (χ0v) is 10.1. The zero-order valence-electron chi connectivity index (χ0n) is 10.1. The Morgan fingerprint density at radius 1 is 1.41 bits per heavy atom. The molecule has 4 heteroatoms. The van der Waals surface area contributed by atoms with Gasteiger partial charge in [-0.1, -0.05) is 6.92 Å². The molecule has 2 unspecified atom stereocenters. The second-order valence-corrected chi connectivity index (χ2v) is 4.47. The molecule has 0 aromatic heterocycles. The van der Waals surface area contributed by atoms with E-state index < -0.39 is 0 Å². The van der Waals surface area contributed by atoms with Crippen molar-refractivity contribution >= 4 is 11.6 Å². The summed E-state index contributed by atoms with van der Waals surface area (Å²) in [5, 5.41) is 9.20. The Bertz CT molecular complexity index is 402. The number of hydrogen-bond donors (Lipinski definition) is 1. The number of phenolic OH excluding ortho intramolecular Hbond substituents is 1. The van der Waals surface area contributed by atoms with E-state index in [4.69, 9.17) is 4.74 Å². The maximum atomic E-state index is 12.2. The Kier molecular flexibility index (Phi) is 3.33. The van der Waals surface area contributed by atoms with Gasteiger partial charge in [0.2, 0.25) is 0 Å². The second kappa shape index (κ2) is 4.75. The van der Waals surface area contributed by atoms with E-state index in [1.165, 1.54) is 0 Å². The van der Waals surface area contributed by atoms with Crippen LogP contribution in [0.15, 0.2) is 24.3 Å². The molecule has 1 heterocycles. The molecule has 1 aromatic carbocycles. The molecular formula is C13H17NO3. The molecule has 4 nitrogen and oxygen atoms in total. The van der Waals surface area contributed by atoms with Gasteiger partial charge in [-0.25, -0.2) is 0 Å². The van der Waals surface area contributed by atoms with Gasteiger partial charge in [0.15, 0.2) is 0 Å². The van der Waals surface area contributed by atoms with Crippen LogP contribution in [0.5, 0.6) is 5.75 Å². The standard InChI is InChI=1S/C13H17NO3/c1-9-7-8-17-12(9)13(16)14(2)10-3-5-11(15)6-4-10/h3-6,9,12,15H,7-8H2,1-2H3. The van der Waals surface area contributed by atoms with Gasteiger partial charge in [-0.15, -0.1) is 0 Å². The number of ether oxygens (including phenoxy) is 1. The van der Waals surface area contributed by atoms with Gasteiger partial charge in [0.1, 0.15) is 11.9 Å². The summed E-state index contributed by atoms with van der Waals surface area (Å²) in [6.45, 7) is 2.68. The highest BCUT2D eigenvalue weighted by molar-refractivity contribution is 5.96. The Morgan fingerprint density at radius 2 is 2.06 bits per heavy atom. The van der Waals surface area contributed by atoms with Crippen molar-refractivity contribution in [3.63, 3.8) is 0 Å². The van der Waals surface area contributed by atoms with E-state index in [1.54, 1.807) is 36.2 Å². The number of rotatable bonds is 2. The Hall–Kier alpha value is -1.55. The summed E-state index contributed by atoms with van der Waals surface area (Å²) in [7, 11) is 1.73. The molecule has 0 bridgehead atoms. The van der Waals surface area contributed by atoms with Crippen molar-refractivity contribution in [3.05, 3.63) is 24.3 Å². The first-order valence-corrected chi connectivity index (χ1v) is 5.78. The van der Waals surface area contributed by atoms with E-state index in [9.17, 15) is 9.90 Å². The number of carbonyl (C=O) groups is 1. The molecule has 1 aliphatic rings. The first-order valence-electron chi connectivity index (χ1n) is 5.78. The fourth-order valence-corrected chi connectivity index (χ4v) is 2.01. The summed E-state index contributed by atoms with van der Waals surface area (Å²) < 4.78 is 5.45. The summed E-state index contributed by atoms with van der Waals surface area (Å²) in [5.41, 5.74) is 0.760. The average molecular weight is 235 g/mol. The molecule has 1 N–H and O–H groups in total. The molecule has 2 rings (SSSR count). The maximum absolute atomic E-state index is 12.2. The van der Waals surface area contributed by atoms with Crippen molar-refractivity contribution in [2.75, 3.05) is 18.6 Å². The first kappa shape index (κ1) is 11.9.